The summed E-state index contributed by atoms with van der Waals surface area (Å²) in [5.41, 5.74) is 0. The number of nitrogens with zero attached hydrogens (tertiary/aromatic N) is 3. The van der Waals surface area contributed by atoms with Crippen LogP contribution in [-0.4, -0.2) is 27.5 Å². The second kappa shape index (κ2) is 10.7. The van der Waals surface area contributed by atoms with Crippen LogP contribution < -0.4 is 0 Å². The number of hydrogen-bond donors (Lipinski definition) is 0. The van der Waals surface area contributed by atoms with Gasteiger partial charge in [-0.05, 0) is 31.4 Å². The van der Waals surface area contributed by atoms with E-state index in [0.717, 1.165) is 24.5 Å². The second-order valence-electron chi connectivity index (χ2n) is 7.39. The molecule has 1 aliphatic carbocycles. The van der Waals surface area contributed by atoms with E-state index in [-0.39, 0.29) is 5.91 Å². The van der Waals surface area contributed by atoms with Crippen LogP contribution in [-0.2, 0) is 24.2 Å². The van der Waals surface area contributed by atoms with Gasteiger partial charge in [0.1, 0.15) is 5.76 Å². The topological polar surface area (TPSA) is 72.4 Å². The fraction of sp³-hybridized carbons (Fsp3) is 0.591. The normalized spacial score (nSPS) is 14.5. The van der Waals surface area contributed by atoms with Crippen molar-refractivity contribution in [3.05, 3.63) is 35.9 Å². The summed E-state index contributed by atoms with van der Waals surface area (Å²) in [6.07, 6.45) is 11.0. The Kier molecular flexibility index (Phi) is 7.71. The molecule has 1 fully saturated rings. The fourth-order valence-electron chi connectivity index (χ4n) is 3.66. The summed E-state index contributed by atoms with van der Waals surface area (Å²) >= 11 is 0. The summed E-state index contributed by atoms with van der Waals surface area (Å²) in [4.78, 5) is 14.3. The highest BCUT2D eigenvalue weighted by Gasteiger charge is 2.18. The maximum absolute atomic E-state index is 12.6. The number of aromatic nitrogens is 2. The summed E-state index contributed by atoms with van der Waals surface area (Å²) in [7, 11) is 0. The minimum atomic E-state index is 0.00102. The van der Waals surface area contributed by atoms with E-state index in [1.165, 1.54) is 32.1 Å². The van der Waals surface area contributed by atoms with Gasteiger partial charge in [0, 0.05) is 19.3 Å². The molecule has 6 heteroatoms. The smallest absolute Gasteiger partial charge is 0.224 e. The summed E-state index contributed by atoms with van der Waals surface area (Å²) < 4.78 is 11.1. The molecule has 0 spiro atoms. The molecule has 0 aromatic carbocycles. The third-order valence-electron chi connectivity index (χ3n) is 5.28. The molecule has 0 N–H and O–H groups in total. The molecule has 6 nitrogen and oxygen atoms in total. The molecule has 0 unspecified atom stereocenters. The minimum absolute atomic E-state index is 0.00102. The Labute approximate surface area is 166 Å². The average Bonchev–Trinajstić information content (AvgIpc) is 3.40. The van der Waals surface area contributed by atoms with Gasteiger partial charge in [-0.15, -0.1) is 16.1 Å². The van der Waals surface area contributed by atoms with Crippen molar-refractivity contribution in [1.82, 2.24) is 15.1 Å². The van der Waals surface area contributed by atoms with Crippen LogP contribution in [0.1, 0.15) is 69.4 Å². The molecule has 2 heterocycles. The van der Waals surface area contributed by atoms with Gasteiger partial charge in [0.15, 0.2) is 0 Å². The van der Waals surface area contributed by atoms with Gasteiger partial charge in [0.05, 0.1) is 19.4 Å². The monoisotopic (exact) mass is 383 g/mol. The molecule has 0 bridgehead atoms. The fourth-order valence-corrected chi connectivity index (χ4v) is 3.66. The molecule has 28 heavy (non-hydrogen) atoms. The van der Waals surface area contributed by atoms with Gasteiger partial charge < -0.3 is 13.7 Å². The minimum Gasteiger partial charge on any atom is -0.467 e. The van der Waals surface area contributed by atoms with Crippen LogP contribution in [0.4, 0.5) is 0 Å². The van der Waals surface area contributed by atoms with Gasteiger partial charge in [-0.25, -0.2) is 0 Å². The first kappa shape index (κ1) is 20.2. The highest BCUT2D eigenvalue weighted by atomic mass is 16.4. The molecule has 1 aliphatic rings. The van der Waals surface area contributed by atoms with E-state index in [0.29, 0.717) is 37.7 Å². The molecular formula is C22H29N3O3. The largest absolute Gasteiger partial charge is 0.467 e. The van der Waals surface area contributed by atoms with Gasteiger partial charge in [-0.2, -0.15) is 0 Å². The van der Waals surface area contributed by atoms with Crippen molar-refractivity contribution in [2.75, 3.05) is 6.54 Å². The molecule has 0 aliphatic heterocycles. The van der Waals surface area contributed by atoms with Crippen LogP contribution in [0.15, 0.2) is 27.2 Å². The summed E-state index contributed by atoms with van der Waals surface area (Å²) in [5, 5.41) is 8.27. The van der Waals surface area contributed by atoms with Crippen molar-refractivity contribution >= 4 is 5.91 Å². The summed E-state index contributed by atoms with van der Waals surface area (Å²) in [6.45, 7) is 2.56. The van der Waals surface area contributed by atoms with Gasteiger partial charge >= 0.3 is 0 Å². The maximum atomic E-state index is 12.6. The van der Waals surface area contributed by atoms with Gasteiger partial charge in [-0.3, -0.25) is 4.79 Å². The quantitative estimate of drug-likeness (QED) is 0.608. The van der Waals surface area contributed by atoms with Crippen LogP contribution in [0.5, 0.6) is 0 Å². The molecule has 150 valence electrons. The van der Waals surface area contributed by atoms with Crippen LogP contribution in [0.3, 0.4) is 0 Å². The van der Waals surface area contributed by atoms with Gasteiger partial charge in [-0.1, -0.05) is 38.0 Å². The van der Waals surface area contributed by atoms with E-state index >= 15 is 0 Å². The van der Waals surface area contributed by atoms with Gasteiger partial charge in [0.2, 0.25) is 17.7 Å². The summed E-state index contributed by atoms with van der Waals surface area (Å²) in [5.74, 6) is 8.55. The first-order valence-corrected chi connectivity index (χ1v) is 10.3. The second-order valence-corrected chi connectivity index (χ2v) is 7.39. The molecule has 0 saturated heterocycles. The van der Waals surface area contributed by atoms with Crippen LogP contribution >= 0.6 is 0 Å². The average molecular weight is 383 g/mol. The standard InChI is InChI=1S/C22H29N3O3/c1-2-3-15-25(17-19-10-7-16-27-19)22(26)14-13-21-24-23-20(28-21)12-11-18-8-5-4-6-9-18/h7,10,16,18H,4-6,8-9,11-15,17H2,1H3. The number of carbonyl (C=O) groups excluding carboxylic acids is 1. The summed E-state index contributed by atoms with van der Waals surface area (Å²) in [6, 6.07) is 3.67. The van der Waals surface area contributed by atoms with E-state index in [4.69, 9.17) is 8.83 Å². The van der Waals surface area contributed by atoms with Crippen molar-refractivity contribution in [1.29, 1.82) is 0 Å². The van der Waals surface area contributed by atoms with Gasteiger partial charge in [0.25, 0.3) is 0 Å². The lowest BCUT2D eigenvalue weighted by Crippen LogP contribution is -2.31. The zero-order valence-corrected chi connectivity index (χ0v) is 16.7. The van der Waals surface area contributed by atoms with Crippen molar-refractivity contribution in [2.24, 2.45) is 5.92 Å². The highest BCUT2D eigenvalue weighted by molar-refractivity contribution is 5.76. The van der Waals surface area contributed by atoms with Crippen molar-refractivity contribution in [3.8, 4) is 11.8 Å². The number of carbonyl (C=O) groups is 1. The van der Waals surface area contributed by atoms with Crippen LogP contribution in [0.25, 0.3) is 0 Å². The Morgan fingerprint density at radius 3 is 2.71 bits per heavy atom. The molecule has 0 radical (unpaired) electrons. The third kappa shape index (κ3) is 6.26. The van der Waals surface area contributed by atoms with E-state index in [2.05, 4.69) is 22.0 Å². The molecule has 3 rings (SSSR count). The number of rotatable bonds is 9. The zero-order valence-electron chi connectivity index (χ0n) is 16.7. The highest BCUT2D eigenvalue weighted by Crippen LogP contribution is 2.27. The lowest BCUT2D eigenvalue weighted by atomic mass is 9.86. The van der Waals surface area contributed by atoms with E-state index in [9.17, 15) is 4.79 Å². The number of furan rings is 1. The SMILES string of the molecule is CC#CCN(Cc1ccco1)C(=O)CCc1nnc(CCC2CCCCC2)o1. The van der Waals surface area contributed by atoms with E-state index in [1.807, 2.05) is 12.1 Å². The molecule has 0 atom stereocenters. The van der Waals surface area contributed by atoms with Crippen LogP contribution in [0.2, 0.25) is 0 Å². The Morgan fingerprint density at radius 1 is 1.21 bits per heavy atom. The molecule has 2 aromatic heterocycles. The molecular weight excluding hydrogens is 354 g/mol. The van der Waals surface area contributed by atoms with E-state index < -0.39 is 0 Å². The van der Waals surface area contributed by atoms with Crippen LogP contribution in [0, 0.1) is 17.8 Å². The number of amides is 1. The van der Waals surface area contributed by atoms with E-state index in [1.54, 1.807) is 18.1 Å². The first-order chi connectivity index (χ1) is 13.7. The van der Waals surface area contributed by atoms with Crippen molar-refractivity contribution < 1.29 is 13.6 Å². The predicted molar refractivity (Wildman–Crippen MR) is 105 cm³/mol. The number of aryl methyl sites for hydroxylation is 2. The first-order valence-electron chi connectivity index (χ1n) is 10.3. The Morgan fingerprint density at radius 2 is 2.00 bits per heavy atom. The lowest BCUT2D eigenvalue weighted by molar-refractivity contribution is -0.131. The van der Waals surface area contributed by atoms with Crippen molar-refractivity contribution in [3.63, 3.8) is 0 Å². The third-order valence-corrected chi connectivity index (χ3v) is 5.28. The molecule has 2 aromatic rings. The maximum Gasteiger partial charge on any atom is 0.224 e. The molecule has 1 amide bonds. The molecule has 1 saturated carbocycles. The Balaban J connectivity index is 1.46. The Bertz CT molecular complexity index is 780. The zero-order chi connectivity index (χ0) is 19.6. The van der Waals surface area contributed by atoms with Crippen molar-refractivity contribution in [2.45, 2.75) is 71.3 Å². The number of hydrogen-bond acceptors (Lipinski definition) is 5. The lowest BCUT2D eigenvalue weighted by Gasteiger charge is -2.20. The Hall–Kier alpha value is -2.55. The predicted octanol–water partition coefficient (Wildman–Crippen LogP) is 4.16.